The van der Waals surface area contributed by atoms with E-state index in [0.717, 1.165) is 0 Å². The zero-order valence-corrected chi connectivity index (χ0v) is 11.9. The van der Waals surface area contributed by atoms with E-state index in [9.17, 15) is 14.4 Å². The fourth-order valence-electron chi connectivity index (χ4n) is 2.50. The molecule has 1 aliphatic carbocycles. The van der Waals surface area contributed by atoms with Crippen molar-refractivity contribution in [2.75, 3.05) is 13.2 Å². The fourth-order valence-corrected chi connectivity index (χ4v) is 2.50. The Balaban J connectivity index is 2.99. The Labute approximate surface area is 113 Å². The highest BCUT2D eigenvalue weighted by atomic mass is 16.6. The summed E-state index contributed by atoms with van der Waals surface area (Å²) >= 11 is 0. The third-order valence-electron chi connectivity index (χ3n) is 3.70. The van der Waals surface area contributed by atoms with Gasteiger partial charge in [-0.15, -0.1) is 0 Å². The molecule has 0 heterocycles. The van der Waals surface area contributed by atoms with Crippen LogP contribution in [0.2, 0.25) is 0 Å². The van der Waals surface area contributed by atoms with Gasteiger partial charge in [-0.25, -0.2) is 0 Å². The molecule has 108 valence electrons. The molecule has 1 saturated carbocycles. The van der Waals surface area contributed by atoms with Gasteiger partial charge in [-0.3, -0.25) is 14.4 Å². The van der Waals surface area contributed by atoms with Crippen molar-refractivity contribution in [2.45, 2.75) is 46.5 Å². The highest BCUT2D eigenvalue weighted by Crippen LogP contribution is 2.39. The number of hydrogen-bond donors (Lipinski definition) is 0. The Kier molecular flexibility index (Phi) is 5.51. The van der Waals surface area contributed by atoms with E-state index >= 15 is 0 Å². The van der Waals surface area contributed by atoms with Crippen LogP contribution in [0.25, 0.3) is 0 Å². The van der Waals surface area contributed by atoms with Crippen LogP contribution in [0.15, 0.2) is 0 Å². The molecular formula is C14H22O5. The first-order chi connectivity index (χ1) is 8.96. The van der Waals surface area contributed by atoms with Gasteiger partial charge in [-0.2, -0.15) is 0 Å². The van der Waals surface area contributed by atoms with Crippen molar-refractivity contribution >= 4 is 17.7 Å². The molecule has 0 spiro atoms. The van der Waals surface area contributed by atoms with Gasteiger partial charge in [-0.05, 0) is 39.5 Å². The second-order valence-corrected chi connectivity index (χ2v) is 4.98. The minimum absolute atomic E-state index is 0.0936. The molecule has 1 fully saturated rings. The number of carbonyl (C=O) groups is 3. The summed E-state index contributed by atoms with van der Waals surface area (Å²) in [5.74, 6) is -1.41. The molecule has 0 aromatic rings. The smallest absolute Gasteiger partial charge is 0.323 e. The highest BCUT2D eigenvalue weighted by Gasteiger charge is 2.51. The van der Waals surface area contributed by atoms with Gasteiger partial charge in [0, 0.05) is 12.8 Å². The second-order valence-electron chi connectivity index (χ2n) is 4.98. The van der Waals surface area contributed by atoms with Crippen molar-refractivity contribution in [2.24, 2.45) is 11.3 Å². The summed E-state index contributed by atoms with van der Waals surface area (Å²) in [7, 11) is 0. The van der Waals surface area contributed by atoms with E-state index in [1.807, 2.05) is 0 Å². The summed E-state index contributed by atoms with van der Waals surface area (Å²) in [4.78, 5) is 35.9. The van der Waals surface area contributed by atoms with Crippen molar-refractivity contribution in [1.82, 2.24) is 0 Å². The Morgan fingerprint density at radius 3 is 2.16 bits per heavy atom. The minimum atomic E-state index is -1.37. The molecule has 1 rings (SSSR count). The number of ketones is 1. The van der Waals surface area contributed by atoms with Crippen LogP contribution < -0.4 is 0 Å². The monoisotopic (exact) mass is 270 g/mol. The van der Waals surface area contributed by atoms with Crippen LogP contribution in [0.3, 0.4) is 0 Å². The quantitative estimate of drug-likeness (QED) is 0.563. The van der Waals surface area contributed by atoms with Crippen molar-refractivity contribution in [1.29, 1.82) is 0 Å². The number of esters is 2. The summed E-state index contributed by atoms with van der Waals surface area (Å²) in [5.41, 5.74) is -1.37. The fraction of sp³-hybridized carbons (Fsp3) is 0.786. The molecule has 5 heteroatoms. The molecule has 19 heavy (non-hydrogen) atoms. The molecule has 1 atom stereocenters. The number of carbonyl (C=O) groups excluding carboxylic acids is 3. The normalized spacial score (nSPS) is 19.9. The maximum Gasteiger partial charge on any atom is 0.323 e. The van der Waals surface area contributed by atoms with Crippen molar-refractivity contribution in [3.05, 3.63) is 0 Å². The van der Waals surface area contributed by atoms with Crippen molar-refractivity contribution in [3.63, 3.8) is 0 Å². The minimum Gasteiger partial charge on any atom is -0.465 e. The predicted octanol–water partition coefficient (Wildman–Crippen LogP) is 1.88. The number of ether oxygens (including phenoxy) is 2. The van der Waals surface area contributed by atoms with E-state index in [4.69, 9.17) is 9.47 Å². The van der Waals surface area contributed by atoms with Crippen LogP contribution in [0.1, 0.15) is 46.5 Å². The standard InChI is InChI=1S/C14H22O5/c1-4-18-12(16)14(3,13(17)19-5-2)10-7-6-8-11(15)9-10/h10H,4-9H2,1-3H3/t10-/m0/s1. The topological polar surface area (TPSA) is 69.7 Å². The Morgan fingerprint density at radius 1 is 1.21 bits per heavy atom. The van der Waals surface area contributed by atoms with Crippen LogP contribution in [0.5, 0.6) is 0 Å². The van der Waals surface area contributed by atoms with Crippen molar-refractivity contribution < 1.29 is 23.9 Å². The summed E-state index contributed by atoms with van der Waals surface area (Å²) in [6.45, 7) is 5.32. The number of rotatable bonds is 5. The average molecular weight is 270 g/mol. The highest BCUT2D eigenvalue weighted by molar-refractivity contribution is 6.00. The van der Waals surface area contributed by atoms with E-state index < -0.39 is 17.4 Å². The van der Waals surface area contributed by atoms with Crippen LogP contribution >= 0.6 is 0 Å². The lowest BCUT2D eigenvalue weighted by Gasteiger charge is -2.34. The molecule has 0 aromatic heterocycles. The SMILES string of the molecule is CCOC(=O)C(C)(C(=O)OCC)[C@H]1CCCC(=O)C1. The first-order valence-corrected chi connectivity index (χ1v) is 6.82. The lowest BCUT2D eigenvalue weighted by Crippen LogP contribution is -2.47. The second kappa shape index (κ2) is 6.68. The van der Waals surface area contributed by atoms with Gasteiger partial charge >= 0.3 is 11.9 Å². The van der Waals surface area contributed by atoms with Crippen LogP contribution in [0, 0.1) is 11.3 Å². The lowest BCUT2D eigenvalue weighted by molar-refractivity contribution is -0.176. The third kappa shape index (κ3) is 3.33. The van der Waals surface area contributed by atoms with E-state index in [1.54, 1.807) is 13.8 Å². The molecule has 0 radical (unpaired) electrons. The van der Waals surface area contributed by atoms with Gasteiger partial charge in [-0.1, -0.05) is 0 Å². The Morgan fingerprint density at radius 2 is 1.74 bits per heavy atom. The molecule has 0 aromatic carbocycles. The number of Topliss-reactive ketones (excluding diaryl/α,β-unsaturated/α-hetero) is 1. The molecule has 5 nitrogen and oxygen atoms in total. The van der Waals surface area contributed by atoms with Crippen LogP contribution in [-0.2, 0) is 23.9 Å². The first-order valence-electron chi connectivity index (χ1n) is 6.82. The zero-order valence-electron chi connectivity index (χ0n) is 11.9. The van der Waals surface area contributed by atoms with Gasteiger partial charge < -0.3 is 9.47 Å². The largest absolute Gasteiger partial charge is 0.465 e. The molecular weight excluding hydrogens is 248 g/mol. The summed E-state index contributed by atoms with van der Waals surface area (Å²) in [6.07, 6.45) is 2.14. The van der Waals surface area contributed by atoms with Gasteiger partial charge in [0.2, 0.25) is 0 Å². The predicted molar refractivity (Wildman–Crippen MR) is 68.3 cm³/mol. The molecule has 0 unspecified atom stereocenters. The molecule has 0 aliphatic heterocycles. The van der Waals surface area contributed by atoms with Gasteiger partial charge in [0.1, 0.15) is 5.78 Å². The lowest BCUT2D eigenvalue weighted by atomic mass is 9.69. The maximum absolute atomic E-state index is 12.2. The van der Waals surface area contributed by atoms with E-state index in [2.05, 4.69) is 0 Å². The van der Waals surface area contributed by atoms with Gasteiger partial charge in [0.15, 0.2) is 5.41 Å². The molecule has 0 amide bonds. The first kappa shape index (κ1) is 15.7. The molecule has 0 bridgehead atoms. The molecule has 0 saturated heterocycles. The van der Waals surface area contributed by atoms with Crippen molar-refractivity contribution in [3.8, 4) is 0 Å². The van der Waals surface area contributed by atoms with E-state index in [-0.39, 0.29) is 31.3 Å². The van der Waals surface area contributed by atoms with Gasteiger partial charge in [0.25, 0.3) is 0 Å². The summed E-state index contributed by atoms with van der Waals surface area (Å²) in [6, 6.07) is 0. The summed E-state index contributed by atoms with van der Waals surface area (Å²) in [5, 5.41) is 0. The average Bonchev–Trinajstić information content (AvgIpc) is 2.38. The van der Waals surface area contributed by atoms with E-state index in [0.29, 0.717) is 19.3 Å². The Bertz CT molecular complexity index is 343. The zero-order chi connectivity index (χ0) is 14.5. The third-order valence-corrected chi connectivity index (χ3v) is 3.70. The molecule has 0 N–H and O–H groups in total. The number of hydrogen-bond acceptors (Lipinski definition) is 5. The maximum atomic E-state index is 12.2. The van der Waals surface area contributed by atoms with E-state index in [1.165, 1.54) is 6.92 Å². The van der Waals surface area contributed by atoms with Crippen LogP contribution in [0.4, 0.5) is 0 Å². The van der Waals surface area contributed by atoms with Gasteiger partial charge in [0.05, 0.1) is 13.2 Å². The molecule has 1 aliphatic rings. The summed E-state index contributed by atoms with van der Waals surface area (Å²) < 4.78 is 10.0. The van der Waals surface area contributed by atoms with Crippen LogP contribution in [-0.4, -0.2) is 30.9 Å². The Hall–Kier alpha value is -1.39.